The summed E-state index contributed by atoms with van der Waals surface area (Å²) in [4.78, 5) is 24.5. The maximum absolute atomic E-state index is 13.0. The first-order valence-electron chi connectivity index (χ1n) is 13.7. The molecule has 0 bridgehead atoms. The van der Waals surface area contributed by atoms with E-state index >= 15 is 0 Å². The molecule has 0 heterocycles. The van der Waals surface area contributed by atoms with Crippen molar-refractivity contribution in [3.63, 3.8) is 0 Å². The van der Waals surface area contributed by atoms with Gasteiger partial charge in [-0.15, -0.1) is 0 Å². The van der Waals surface area contributed by atoms with Gasteiger partial charge in [0.2, 0.25) is 0 Å². The molecule has 40 heavy (non-hydrogen) atoms. The van der Waals surface area contributed by atoms with Crippen molar-refractivity contribution in [2.75, 3.05) is 0 Å². The van der Waals surface area contributed by atoms with E-state index in [1.54, 1.807) is 31.2 Å². The van der Waals surface area contributed by atoms with Gasteiger partial charge >= 0.3 is 0 Å². The van der Waals surface area contributed by atoms with Crippen LogP contribution < -0.4 is 9.47 Å². The average molecular weight is 537 g/mol. The van der Waals surface area contributed by atoms with E-state index in [1.165, 1.54) is 5.57 Å². The lowest BCUT2D eigenvalue weighted by Crippen LogP contribution is -2.08. The van der Waals surface area contributed by atoms with Crippen LogP contribution in [0.3, 0.4) is 0 Å². The maximum atomic E-state index is 13.0. The van der Waals surface area contributed by atoms with Crippen LogP contribution in [0.25, 0.3) is 0 Å². The Morgan fingerprint density at radius 1 is 0.675 bits per heavy atom. The Kier molecular flexibility index (Phi) is 9.74. The third-order valence-corrected chi connectivity index (χ3v) is 6.84. The Balaban J connectivity index is 1.31. The molecule has 5 heteroatoms. The first-order valence-corrected chi connectivity index (χ1v) is 13.7. The van der Waals surface area contributed by atoms with Crippen LogP contribution in [0, 0.1) is 0 Å². The van der Waals surface area contributed by atoms with E-state index in [4.69, 9.17) is 14.2 Å². The van der Waals surface area contributed by atoms with E-state index in [1.807, 2.05) is 61.6 Å². The fraction of sp³-hybridized carbons (Fsp3) is 0.257. The summed E-state index contributed by atoms with van der Waals surface area (Å²) in [6.45, 7) is 7.73. The predicted octanol–water partition coefficient (Wildman–Crippen LogP) is 9.11. The molecule has 0 aromatic heterocycles. The number of hydrogen-bond acceptors (Lipinski definition) is 5. The van der Waals surface area contributed by atoms with Crippen LogP contribution in [0.1, 0.15) is 70.2 Å². The number of carbonyl (C=O) groups excluding carboxylic acids is 2. The first kappa shape index (κ1) is 28.6. The number of carbonyl (C=O) groups is 2. The van der Waals surface area contributed by atoms with Crippen molar-refractivity contribution >= 4 is 11.6 Å². The molecule has 0 saturated heterocycles. The van der Waals surface area contributed by atoms with Gasteiger partial charge in [-0.1, -0.05) is 30.7 Å². The van der Waals surface area contributed by atoms with Crippen molar-refractivity contribution in [2.45, 2.75) is 59.8 Å². The highest BCUT2D eigenvalue weighted by molar-refractivity contribution is 6.09. The maximum Gasteiger partial charge on any atom is 0.189 e. The quantitative estimate of drug-likeness (QED) is 0.163. The summed E-state index contributed by atoms with van der Waals surface area (Å²) < 4.78 is 17.8. The molecule has 0 aliphatic heterocycles. The van der Waals surface area contributed by atoms with E-state index in [0.29, 0.717) is 42.7 Å². The molecule has 0 spiro atoms. The zero-order valence-corrected chi connectivity index (χ0v) is 23.7. The van der Waals surface area contributed by atoms with Gasteiger partial charge in [0.25, 0.3) is 0 Å². The van der Waals surface area contributed by atoms with Gasteiger partial charge in [0.05, 0.1) is 0 Å². The molecular weight excluding hydrogens is 500 g/mol. The minimum absolute atomic E-state index is 0.00154. The standard InChI is InChI=1S/C35H36O5/c1-5-24(2)6-7-25(3)38-30-20-22-34(23-21-30)40-33-18-12-29(13-19-33)35(37)28-10-16-32(17-11-28)39-31-14-8-27(9-15-31)26(4)36/h6-8,10,12-14,16,18-23H,5,9,11,15,17H2,1-4H3/b24-6-,25-7+. The molecule has 2 aromatic carbocycles. The van der Waals surface area contributed by atoms with Crippen LogP contribution in [-0.2, 0) is 9.53 Å². The second kappa shape index (κ2) is 13.6. The SMILES string of the molecule is CC/C(C)=C\C=C(/C)Oc1ccc(Oc2ccc(C(=O)C3=CC=C(OC4=CC=C(C(C)=O)CC4)CC3)cc2)cc1. The normalized spacial score (nSPS) is 15.8. The molecule has 0 N–H and O–H groups in total. The lowest BCUT2D eigenvalue weighted by atomic mass is 9.95. The van der Waals surface area contributed by atoms with Crippen LogP contribution in [0.15, 0.2) is 119 Å². The van der Waals surface area contributed by atoms with Crippen LogP contribution in [-0.4, -0.2) is 11.6 Å². The average Bonchev–Trinajstić information content (AvgIpc) is 2.97. The second-order valence-corrected chi connectivity index (χ2v) is 9.98. The summed E-state index contributed by atoms with van der Waals surface area (Å²) in [6, 6.07) is 14.6. The van der Waals surface area contributed by atoms with Crippen molar-refractivity contribution in [1.82, 2.24) is 0 Å². The van der Waals surface area contributed by atoms with Crippen LogP contribution in [0.5, 0.6) is 17.2 Å². The highest BCUT2D eigenvalue weighted by Crippen LogP contribution is 2.29. The summed E-state index contributed by atoms with van der Waals surface area (Å²) in [5.41, 5.74) is 3.48. The first-order chi connectivity index (χ1) is 19.3. The van der Waals surface area contributed by atoms with E-state index in [9.17, 15) is 9.59 Å². The van der Waals surface area contributed by atoms with Crippen molar-refractivity contribution < 1.29 is 23.8 Å². The molecule has 0 unspecified atom stereocenters. The summed E-state index contributed by atoms with van der Waals surface area (Å²) in [5.74, 6) is 4.67. The van der Waals surface area contributed by atoms with Crippen LogP contribution in [0.4, 0.5) is 0 Å². The number of hydrogen-bond donors (Lipinski definition) is 0. The molecule has 0 saturated carbocycles. The molecule has 0 amide bonds. The Morgan fingerprint density at radius 3 is 1.75 bits per heavy atom. The molecule has 2 aromatic rings. The number of ether oxygens (including phenoxy) is 3. The molecule has 206 valence electrons. The second-order valence-electron chi connectivity index (χ2n) is 9.98. The Morgan fingerprint density at radius 2 is 1.23 bits per heavy atom. The number of ketones is 2. The Labute approximate surface area is 236 Å². The molecule has 0 radical (unpaired) electrons. The largest absolute Gasteiger partial charge is 0.466 e. The van der Waals surface area contributed by atoms with E-state index in [0.717, 1.165) is 40.6 Å². The third kappa shape index (κ3) is 8.06. The van der Waals surface area contributed by atoms with Gasteiger partial charge in [-0.25, -0.2) is 0 Å². The third-order valence-electron chi connectivity index (χ3n) is 6.84. The number of allylic oxidation sites excluding steroid dienone is 12. The van der Waals surface area contributed by atoms with Gasteiger partial charge in [-0.3, -0.25) is 9.59 Å². The smallest absolute Gasteiger partial charge is 0.189 e. The predicted molar refractivity (Wildman–Crippen MR) is 158 cm³/mol. The molecule has 4 rings (SSSR count). The van der Waals surface area contributed by atoms with E-state index < -0.39 is 0 Å². The summed E-state index contributed by atoms with van der Waals surface area (Å²) >= 11 is 0. The van der Waals surface area contributed by atoms with Crippen molar-refractivity contribution in [3.8, 4) is 17.2 Å². The number of benzene rings is 2. The minimum atomic E-state index is 0.00154. The van der Waals surface area contributed by atoms with Gasteiger partial charge in [0.1, 0.15) is 34.5 Å². The van der Waals surface area contributed by atoms with Crippen molar-refractivity contribution in [3.05, 3.63) is 125 Å². The molecule has 0 atom stereocenters. The van der Waals surface area contributed by atoms with Crippen LogP contribution in [0.2, 0.25) is 0 Å². The van der Waals surface area contributed by atoms with Gasteiger partial charge in [0, 0.05) is 24.0 Å². The van der Waals surface area contributed by atoms with Gasteiger partial charge in [-0.05, 0) is 112 Å². The zero-order chi connectivity index (χ0) is 28.5. The summed E-state index contributed by atoms with van der Waals surface area (Å²) in [6.07, 6.45) is 15.1. The van der Waals surface area contributed by atoms with Crippen molar-refractivity contribution in [2.24, 2.45) is 0 Å². The summed E-state index contributed by atoms with van der Waals surface area (Å²) in [5, 5.41) is 0. The van der Waals surface area contributed by atoms with E-state index in [2.05, 4.69) is 19.9 Å². The summed E-state index contributed by atoms with van der Waals surface area (Å²) in [7, 11) is 0. The Bertz CT molecular complexity index is 1430. The van der Waals surface area contributed by atoms with Gasteiger partial charge in [-0.2, -0.15) is 0 Å². The Hall–Kier alpha value is -4.38. The van der Waals surface area contributed by atoms with Crippen molar-refractivity contribution in [1.29, 1.82) is 0 Å². The van der Waals surface area contributed by atoms with Gasteiger partial charge in [0.15, 0.2) is 11.6 Å². The molecule has 2 aliphatic carbocycles. The van der Waals surface area contributed by atoms with Gasteiger partial charge < -0.3 is 14.2 Å². The molecule has 0 fully saturated rings. The lowest BCUT2D eigenvalue weighted by molar-refractivity contribution is -0.113. The molecular formula is C35H36O5. The highest BCUT2D eigenvalue weighted by atomic mass is 16.5. The van der Waals surface area contributed by atoms with E-state index in [-0.39, 0.29) is 11.6 Å². The fourth-order valence-corrected chi connectivity index (χ4v) is 4.23. The molecule has 5 nitrogen and oxygen atoms in total. The zero-order valence-electron chi connectivity index (χ0n) is 23.7. The highest BCUT2D eigenvalue weighted by Gasteiger charge is 2.18. The minimum Gasteiger partial charge on any atom is -0.466 e. The monoisotopic (exact) mass is 536 g/mol. The molecule has 2 aliphatic rings. The number of rotatable bonds is 11. The fourth-order valence-electron chi connectivity index (χ4n) is 4.23. The lowest BCUT2D eigenvalue weighted by Gasteiger charge is -2.19. The van der Waals surface area contributed by atoms with Crippen LogP contribution >= 0.6 is 0 Å². The number of Topliss-reactive ketones (excluding diaryl/α,β-unsaturated/α-hetero) is 2. The topological polar surface area (TPSA) is 61.8 Å².